The number of aryl methyl sites for hydroxylation is 2. The van der Waals surface area contributed by atoms with Crippen molar-refractivity contribution in [3.8, 4) is 16.3 Å². The highest BCUT2D eigenvalue weighted by molar-refractivity contribution is 7.80. The first-order valence-electron chi connectivity index (χ1n) is 16.5. The maximum Gasteiger partial charge on any atom is 0.325 e. The molecule has 52 heavy (non-hydrogen) atoms. The number of nitrogens with zero attached hydrogens (tertiary/aromatic N) is 6. The first-order chi connectivity index (χ1) is 25.2. The standard InChI is InChI=1S/C38H33N7O5S2/c1-4-49-28-17-15-27(16-18-28)45-37(48)30(44(38(45)51)22-31-35(50-42-43(31)3)41-34(47)24-8-6-5-7-9-24)21-33(46)39-26-13-11-25(12-14-26)36-40-29-19-10-23(2)20-32(29)52-36/h5-20,30H,4,21-22H2,1-3H3,(H-,39,40,41,42,46,47). The maximum atomic E-state index is 14.1. The van der Waals surface area contributed by atoms with Crippen LogP contribution >= 0.6 is 23.6 Å². The number of thiazole rings is 1. The summed E-state index contributed by atoms with van der Waals surface area (Å²) < 4.78 is 13.5. The van der Waals surface area contributed by atoms with Crippen molar-refractivity contribution in [3.05, 3.63) is 114 Å². The fourth-order valence-electron chi connectivity index (χ4n) is 5.84. The van der Waals surface area contributed by atoms with Crippen LogP contribution in [0.4, 0.5) is 17.3 Å². The maximum absolute atomic E-state index is 14.1. The van der Waals surface area contributed by atoms with Crippen molar-refractivity contribution >= 4 is 73.9 Å². The Kier molecular flexibility index (Phi) is 9.74. The van der Waals surface area contributed by atoms with Crippen LogP contribution in [0.25, 0.3) is 20.8 Å². The summed E-state index contributed by atoms with van der Waals surface area (Å²) in [6.07, 6.45) is -0.212. The lowest BCUT2D eigenvalue weighted by molar-refractivity contribution is -0.746. The van der Waals surface area contributed by atoms with Crippen LogP contribution in [0.1, 0.15) is 30.2 Å². The zero-order valence-corrected chi connectivity index (χ0v) is 30.1. The molecule has 0 saturated carbocycles. The van der Waals surface area contributed by atoms with Crippen molar-refractivity contribution < 1.29 is 28.6 Å². The van der Waals surface area contributed by atoms with Crippen LogP contribution in [-0.2, 0) is 23.2 Å². The quantitative estimate of drug-likeness (QED) is 0.0797. The summed E-state index contributed by atoms with van der Waals surface area (Å²) in [5.74, 6) is -0.676. The number of hydrogen-bond acceptors (Lipinski definition) is 10. The lowest BCUT2D eigenvalue weighted by Gasteiger charge is -2.22. The third-order valence-electron chi connectivity index (χ3n) is 8.49. The van der Waals surface area contributed by atoms with Crippen molar-refractivity contribution in [2.24, 2.45) is 12.0 Å². The molecule has 1 aliphatic rings. The number of amides is 2. The predicted octanol–water partition coefficient (Wildman–Crippen LogP) is 5.45. The number of thiocarbonyl (C=S) groups is 1. The smallest absolute Gasteiger partial charge is 0.325 e. The van der Waals surface area contributed by atoms with E-state index in [0.29, 0.717) is 35.0 Å². The van der Waals surface area contributed by atoms with Gasteiger partial charge in [0.25, 0.3) is 11.6 Å². The third-order valence-corrected chi connectivity index (χ3v) is 9.98. The molecule has 0 spiro atoms. The lowest BCUT2D eigenvalue weighted by atomic mass is 10.1. The van der Waals surface area contributed by atoms with Crippen LogP contribution in [0.2, 0.25) is 0 Å². The topological polar surface area (TPSA) is 140 Å². The minimum Gasteiger partial charge on any atom is -0.858 e. The lowest BCUT2D eigenvalue weighted by Crippen LogP contribution is -2.42. The summed E-state index contributed by atoms with van der Waals surface area (Å²) in [5.41, 5.74) is 4.89. The average molecular weight is 732 g/mol. The number of aliphatic imine (C=N–C) groups is 1. The molecule has 1 atom stereocenters. The number of rotatable bonds is 11. The molecular formula is C38H33N7O5S2. The van der Waals surface area contributed by atoms with Gasteiger partial charge in [-0.25, -0.2) is 9.98 Å². The van der Waals surface area contributed by atoms with Crippen molar-refractivity contribution in [1.82, 2.24) is 15.2 Å². The van der Waals surface area contributed by atoms with E-state index in [2.05, 4.69) is 28.6 Å². The van der Waals surface area contributed by atoms with E-state index in [0.717, 1.165) is 20.8 Å². The number of carbonyl (C=O) groups is 2. The Hall–Kier alpha value is -5.99. The van der Waals surface area contributed by atoms with Gasteiger partial charge in [-0.2, -0.15) is 0 Å². The molecule has 2 amide bonds. The third kappa shape index (κ3) is 7.11. The first-order valence-corrected chi connectivity index (χ1v) is 17.7. The molecule has 1 aliphatic heterocycles. The molecule has 1 fully saturated rings. The summed E-state index contributed by atoms with van der Waals surface area (Å²) in [6.45, 7) is 4.41. The van der Waals surface area contributed by atoms with E-state index in [1.165, 1.54) is 15.1 Å². The van der Waals surface area contributed by atoms with Crippen molar-refractivity contribution in [2.45, 2.75) is 32.9 Å². The Morgan fingerprint density at radius 3 is 2.56 bits per heavy atom. The molecule has 0 bridgehead atoms. The van der Waals surface area contributed by atoms with E-state index in [9.17, 15) is 14.7 Å². The molecule has 1 unspecified atom stereocenters. The highest BCUT2D eigenvalue weighted by atomic mass is 32.1. The van der Waals surface area contributed by atoms with Gasteiger partial charge in [-0.3, -0.25) is 19.0 Å². The zero-order chi connectivity index (χ0) is 36.4. The Balaban J connectivity index is 1.14. The van der Waals surface area contributed by atoms with Crippen LogP contribution in [-0.4, -0.2) is 50.6 Å². The molecule has 0 aliphatic carbocycles. The van der Waals surface area contributed by atoms with Gasteiger partial charge in [0, 0.05) is 11.3 Å². The first kappa shape index (κ1) is 34.5. The summed E-state index contributed by atoms with van der Waals surface area (Å²) in [7, 11) is 1.64. The van der Waals surface area contributed by atoms with Gasteiger partial charge in [0.05, 0.1) is 28.9 Å². The van der Waals surface area contributed by atoms with Crippen molar-refractivity contribution in [1.29, 1.82) is 0 Å². The summed E-state index contributed by atoms with van der Waals surface area (Å²) >= 11 is 7.50. The van der Waals surface area contributed by atoms with Crippen LogP contribution in [0.3, 0.4) is 0 Å². The number of benzene rings is 4. The summed E-state index contributed by atoms with van der Waals surface area (Å²) in [5, 5.41) is 20.9. The molecular weight excluding hydrogens is 699 g/mol. The molecule has 7 rings (SSSR count). The number of aromatic nitrogens is 3. The molecule has 14 heteroatoms. The molecule has 3 heterocycles. The van der Waals surface area contributed by atoms with E-state index in [1.807, 2.05) is 43.3 Å². The van der Waals surface area contributed by atoms with E-state index < -0.39 is 11.9 Å². The van der Waals surface area contributed by atoms with Gasteiger partial charge in [0.1, 0.15) is 23.3 Å². The summed E-state index contributed by atoms with van der Waals surface area (Å²) in [6, 6.07) is 28.2. The number of fused-ring (bicyclic) bond motifs is 1. The molecule has 0 radical (unpaired) electrons. The zero-order valence-electron chi connectivity index (χ0n) is 28.5. The Bertz CT molecular complexity index is 2300. The highest BCUT2D eigenvalue weighted by Gasteiger charge is 2.46. The second-order valence-electron chi connectivity index (χ2n) is 12.1. The number of ether oxygens (including phenoxy) is 1. The van der Waals surface area contributed by atoms with Crippen molar-refractivity contribution in [2.75, 3.05) is 16.8 Å². The molecule has 2 aromatic heterocycles. The predicted molar refractivity (Wildman–Crippen MR) is 200 cm³/mol. The fourth-order valence-corrected chi connectivity index (χ4v) is 7.30. The minimum atomic E-state index is -0.989. The van der Waals surface area contributed by atoms with Gasteiger partial charge < -0.3 is 20.1 Å². The van der Waals surface area contributed by atoms with Gasteiger partial charge in [0.15, 0.2) is 12.2 Å². The minimum absolute atomic E-state index is 0.0205. The van der Waals surface area contributed by atoms with Gasteiger partial charge in [-0.05, 0) is 108 Å². The molecule has 1 N–H and O–H groups in total. The molecule has 12 nitrogen and oxygen atoms in total. The van der Waals surface area contributed by atoms with Crippen molar-refractivity contribution in [3.63, 3.8) is 0 Å². The Labute approximate surface area is 308 Å². The van der Waals surface area contributed by atoms with Gasteiger partial charge >= 0.3 is 5.88 Å². The molecule has 4 aromatic carbocycles. The number of carbonyl (C=O) groups excluding carboxylic acids is 2. The molecule has 6 aromatic rings. The fraction of sp³-hybridized carbons (Fsp3) is 0.184. The normalized spacial score (nSPS) is 14.8. The Morgan fingerprint density at radius 2 is 1.83 bits per heavy atom. The molecule has 1 saturated heterocycles. The monoisotopic (exact) mass is 731 g/mol. The van der Waals surface area contributed by atoms with Crippen LogP contribution in [0.15, 0.2) is 107 Å². The van der Waals surface area contributed by atoms with Crippen LogP contribution in [0, 0.1) is 6.92 Å². The highest BCUT2D eigenvalue weighted by Crippen LogP contribution is 2.33. The SMILES string of the molecule is CCOc1ccc(N2C(=O)C(CC(=O)Nc3ccc(-c4nc5ccc(C)cc5s4)cc3)N(Cc3c(/N=C(\[O-])c4ccccc4)on[n+]3C)C2=S)cc1. The van der Waals surface area contributed by atoms with Gasteiger partial charge in [0.2, 0.25) is 11.2 Å². The van der Waals surface area contributed by atoms with Crippen LogP contribution < -0.4 is 24.7 Å². The van der Waals surface area contributed by atoms with Gasteiger partial charge in [-0.15, -0.1) is 11.3 Å². The van der Waals surface area contributed by atoms with Gasteiger partial charge in [-0.1, -0.05) is 36.4 Å². The van der Waals surface area contributed by atoms with E-state index in [1.54, 1.807) is 77.9 Å². The average Bonchev–Trinajstić information content (AvgIpc) is 3.79. The molecule has 262 valence electrons. The largest absolute Gasteiger partial charge is 0.858 e. The number of hydrogen-bond donors (Lipinski definition) is 1. The van der Waals surface area contributed by atoms with E-state index in [4.69, 9.17) is 26.5 Å². The van der Waals surface area contributed by atoms with E-state index >= 15 is 0 Å². The van der Waals surface area contributed by atoms with Crippen LogP contribution in [0.5, 0.6) is 5.75 Å². The second kappa shape index (κ2) is 14.7. The number of anilines is 2. The summed E-state index contributed by atoms with van der Waals surface area (Å²) in [4.78, 5) is 39.7. The Morgan fingerprint density at radius 1 is 1.08 bits per heavy atom. The second-order valence-corrected chi connectivity index (χ2v) is 13.5. The number of nitrogens with one attached hydrogen (secondary N) is 1. The van der Waals surface area contributed by atoms with E-state index in [-0.39, 0.29) is 35.8 Å².